The Bertz CT molecular complexity index is 901. The van der Waals surface area contributed by atoms with Crippen LogP contribution in [-0.4, -0.2) is 16.0 Å². The van der Waals surface area contributed by atoms with Gasteiger partial charge < -0.3 is 9.84 Å². The number of nitrogens with zero attached hydrogens (tertiary/aromatic N) is 2. The van der Waals surface area contributed by atoms with Crippen molar-refractivity contribution in [3.05, 3.63) is 77.4 Å². The minimum Gasteiger partial charge on any atom is -0.343 e. The summed E-state index contributed by atoms with van der Waals surface area (Å²) in [6.45, 7) is 2.11. The Labute approximate surface area is 144 Å². The lowest BCUT2D eigenvalue weighted by Crippen LogP contribution is -2.20. The van der Waals surface area contributed by atoms with Crippen LogP contribution in [0.5, 0.6) is 0 Å². The van der Waals surface area contributed by atoms with Gasteiger partial charge in [0, 0.05) is 11.6 Å². The second-order valence-corrected chi connectivity index (χ2v) is 5.48. The van der Waals surface area contributed by atoms with Crippen molar-refractivity contribution in [3.63, 3.8) is 0 Å². The zero-order chi connectivity index (χ0) is 17.6. The molecule has 0 saturated carbocycles. The van der Waals surface area contributed by atoms with E-state index in [-0.39, 0.29) is 18.3 Å². The highest BCUT2D eigenvalue weighted by Gasteiger charge is 2.09. The Morgan fingerprint density at radius 3 is 2.80 bits per heavy atom. The molecule has 0 atom stereocenters. The van der Waals surface area contributed by atoms with Crippen LogP contribution < -0.4 is 5.32 Å². The van der Waals surface area contributed by atoms with Crippen LogP contribution in [0.15, 0.2) is 59.1 Å². The van der Waals surface area contributed by atoms with Crippen LogP contribution in [0.3, 0.4) is 0 Å². The molecule has 5 nitrogen and oxygen atoms in total. The summed E-state index contributed by atoms with van der Waals surface area (Å²) in [5.41, 5.74) is 2.69. The predicted molar refractivity (Wildman–Crippen MR) is 91.8 cm³/mol. The zero-order valence-corrected chi connectivity index (χ0v) is 13.6. The second-order valence-electron chi connectivity index (χ2n) is 5.48. The molecular weight excluding hydrogens is 321 g/mol. The molecule has 1 heterocycles. The van der Waals surface area contributed by atoms with Crippen molar-refractivity contribution in [2.75, 3.05) is 0 Å². The second kappa shape index (κ2) is 7.53. The number of amides is 1. The molecule has 126 valence electrons. The van der Waals surface area contributed by atoms with E-state index in [1.54, 1.807) is 18.2 Å². The lowest BCUT2D eigenvalue weighted by Gasteiger charge is -1.97. The van der Waals surface area contributed by atoms with Crippen molar-refractivity contribution < 1.29 is 13.7 Å². The molecule has 1 aromatic heterocycles. The van der Waals surface area contributed by atoms with Crippen molar-refractivity contribution in [1.82, 2.24) is 15.5 Å². The van der Waals surface area contributed by atoms with E-state index in [9.17, 15) is 9.18 Å². The van der Waals surface area contributed by atoms with Crippen LogP contribution in [0.25, 0.3) is 17.5 Å². The van der Waals surface area contributed by atoms with E-state index in [0.29, 0.717) is 11.7 Å². The van der Waals surface area contributed by atoms with Crippen molar-refractivity contribution in [1.29, 1.82) is 0 Å². The van der Waals surface area contributed by atoms with Crippen molar-refractivity contribution in [2.45, 2.75) is 13.5 Å². The van der Waals surface area contributed by atoms with Gasteiger partial charge in [-0.2, -0.15) is 4.98 Å². The van der Waals surface area contributed by atoms with Crippen LogP contribution in [0.1, 0.15) is 17.0 Å². The van der Waals surface area contributed by atoms with Gasteiger partial charge in [0.25, 0.3) is 0 Å². The Morgan fingerprint density at radius 1 is 1.24 bits per heavy atom. The molecule has 0 aliphatic heterocycles. The minimum absolute atomic E-state index is 0.130. The number of aromatic nitrogens is 2. The number of carbonyl (C=O) groups excluding carboxylic acids is 1. The van der Waals surface area contributed by atoms with Gasteiger partial charge in [0.1, 0.15) is 5.82 Å². The highest BCUT2D eigenvalue weighted by Crippen LogP contribution is 2.16. The first-order valence-electron chi connectivity index (χ1n) is 7.71. The Kier molecular flexibility index (Phi) is 4.99. The molecular formula is C19H16FN3O2. The summed E-state index contributed by atoms with van der Waals surface area (Å²) in [5.74, 6) is 0.178. The molecule has 1 N–H and O–H groups in total. The van der Waals surface area contributed by atoms with Crippen molar-refractivity contribution >= 4 is 12.0 Å². The van der Waals surface area contributed by atoms with Crippen LogP contribution in [0.4, 0.5) is 4.39 Å². The van der Waals surface area contributed by atoms with Gasteiger partial charge in [0.2, 0.25) is 17.6 Å². The maximum atomic E-state index is 12.8. The van der Waals surface area contributed by atoms with Gasteiger partial charge in [0.05, 0.1) is 6.54 Å². The highest BCUT2D eigenvalue weighted by molar-refractivity contribution is 5.91. The smallest absolute Gasteiger partial charge is 0.246 e. The molecule has 0 fully saturated rings. The van der Waals surface area contributed by atoms with E-state index >= 15 is 0 Å². The normalized spacial score (nSPS) is 11.0. The average Bonchev–Trinajstić information content (AvgIpc) is 3.08. The third-order valence-electron chi connectivity index (χ3n) is 3.46. The molecule has 2 aromatic carbocycles. The maximum absolute atomic E-state index is 12.8. The Morgan fingerprint density at radius 2 is 2.04 bits per heavy atom. The lowest BCUT2D eigenvalue weighted by molar-refractivity contribution is -0.116. The quantitative estimate of drug-likeness (QED) is 0.724. The number of aryl methyl sites for hydroxylation is 1. The number of hydrogen-bond donors (Lipinski definition) is 1. The van der Waals surface area contributed by atoms with Gasteiger partial charge in [-0.3, -0.25) is 4.79 Å². The van der Waals surface area contributed by atoms with Crippen LogP contribution in [0, 0.1) is 12.7 Å². The predicted octanol–water partition coefficient (Wildman–Crippen LogP) is 3.51. The average molecular weight is 337 g/mol. The van der Waals surface area contributed by atoms with Crippen molar-refractivity contribution in [2.24, 2.45) is 0 Å². The van der Waals surface area contributed by atoms with Gasteiger partial charge >= 0.3 is 0 Å². The van der Waals surface area contributed by atoms with Gasteiger partial charge in [-0.05, 0) is 36.8 Å². The fourth-order valence-corrected chi connectivity index (χ4v) is 2.20. The maximum Gasteiger partial charge on any atom is 0.246 e. The van der Waals surface area contributed by atoms with Gasteiger partial charge in [0.15, 0.2) is 0 Å². The molecule has 6 heteroatoms. The summed E-state index contributed by atoms with van der Waals surface area (Å²) in [7, 11) is 0. The lowest BCUT2D eigenvalue weighted by atomic mass is 10.1. The van der Waals surface area contributed by atoms with Crippen LogP contribution >= 0.6 is 0 Å². The standard InChI is InChI=1S/C19H16FN3O2/c1-13-3-2-4-15(11-13)19-22-18(25-23-19)12-21-17(24)10-7-14-5-8-16(20)9-6-14/h2-11H,12H2,1H3,(H,21,24). The van der Waals surface area contributed by atoms with E-state index in [1.807, 2.05) is 31.2 Å². The summed E-state index contributed by atoms with van der Waals surface area (Å²) in [6, 6.07) is 13.6. The van der Waals surface area contributed by atoms with E-state index in [2.05, 4.69) is 15.5 Å². The van der Waals surface area contributed by atoms with Crippen molar-refractivity contribution in [3.8, 4) is 11.4 Å². The van der Waals surface area contributed by atoms with Gasteiger partial charge in [-0.25, -0.2) is 4.39 Å². The topological polar surface area (TPSA) is 68.0 Å². The molecule has 0 saturated heterocycles. The SMILES string of the molecule is Cc1cccc(-c2noc(CNC(=O)C=Cc3ccc(F)cc3)n2)c1. The summed E-state index contributed by atoms with van der Waals surface area (Å²) >= 11 is 0. The molecule has 0 aliphatic carbocycles. The van der Waals surface area contributed by atoms with Gasteiger partial charge in [-0.15, -0.1) is 0 Å². The molecule has 0 unspecified atom stereocenters. The summed E-state index contributed by atoms with van der Waals surface area (Å²) in [6.07, 6.45) is 2.96. The third-order valence-corrected chi connectivity index (χ3v) is 3.46. The van der Waals surface area contributed by atoms with E-state index in [1.165, 1.54) is 18.2 Å². The fourth-order valence-electron chi connectivity index (χ4n) is 2.20. The largest absolute Gasteiger partial charge is 0.343 e. The first-order valence-corrected chi connectivity index (χ1v) is 7.71. The zero-order valence-electron chi connectivity index (χ0n) is 13.6. The van der Waals surface area contributed by atoms with Gasteiger partial charge in [-0.1, -0.05) is 41.1 Å². The molecule has 0 bridgehead atoms. The molecule has 0 radical (unpaired) electrons. The van der Waals surface area contributed by atoms with Crippen LogP contribution in [-0.2, 0) is 11.3 Å². The number of carbonyl (C=O) groups is 1. The third kappa shape index (κ3) is 4.60. The minimum atomic E-state index is -0.317. The molecule has 3 aromatic rings. The van der Waals surface area contributed by atoms with E-state index in [4.69, 9.17) is 4.52 Å². The summed E-state index contributed by atoms with van der Waals surface area (Å²) in [4.78, 5) is 16.1. The monoisotopic (exact) mass is 337 g/mol. The molecule has 0 aliphatic rings. The Balaban J connectivity index is 1.56. The summed E-state index contributed by atoms with van der Waals surface area (Å²) in [5, 5.41) is 6.58. The Hall–Kier alpha value is -3.28. The molecule has 3 rings (SSSR count). The highest BCUT2D eigenvalue weighted by atomic mass is 19.1. The van der Waals surface area contributed by atoms with E-state index < -0.39 is 0 Å². The first kappa shape index (κ1) is 16.6. The molecule has 1 amide bonds. The number of nitrogens with one attached hydrogen (secondary N) is 1. The molecule has 0 spiro atoms. The number of benzene rings is 2. The van der Waals surface area contributed by atoms with Crippen LogP contribution in [0.2, 0.25) is 0 Å². The molecule has 25 heavy (non-hydrogen) atoms. The first-order chi connectivity index (χ1) is 12.1. The number of hydrogen-bond acceptors (Lipinski definition) is 4. The van der Waals surface area contributed by atoms with E-state index in [0.717, 1.165) is 16.7 Å². The number of rotatable bonds is 5. The number of halogens is 1. The fraction of sp³-hybridized carbons (Fsp3) is 0.105. The summed E-state index contributed by atoms with van der Waals surface area (Å²) < 4.78 is 18.0.